The molecule has 0 aliphatic carbocycles. The van der Waals surface area contributed by atoms with Gasteiger partial charge in [0, 0.05) is 50.6 Å². The highest BCUT2D eigenvalue weighted by atomic mass is 16.6. The van der Waals surface area contributed by atoms with Crippen LogP contribution in [-0.4, -0.2) is 84.8 Å². The number of para-hydroxylation sites is 2. The number of aryl methyl sites for hydroxylation is 2. The number of ether oxygens (including phenoxy) is 2. The van der Waals surface area contributed by atoms with Crippen LogP contribution in [-0.2, 0) is 9.53 Å². The molecule has 10 nitrogen and oxygen atoms in total. The summed E-state index contributed by atoms with van der Waals surface area (Å²) in [6.07, 6.45) is 7.11. The van der Waals surface area contributed by atoms with Crippen LogP contribution in [0.25, 0.3) is 0 Å². The lowest BCUT2D eigenvalue weighted by molar-refractivity contribution is -0.131. The number of benzene rings is 3. The molecule has 3 aromatic rings. The van der Waals surface area contributed by atoms with Gasteiger partial charge in [-0.3, -0.25) is 4.79 Å². The van der Waals surface area contributed by atoms with Crippen LogP contribution in [0.4, 0.5) is 21.9 Å². The Bertz CT molecular complexity index is 1600. The molecule has 3 aromatic carbocycles. The van der Waals surface area contributed by atoms with E-state index in [9.17, 15) is 9.59 Å². The molecule has 0 aromatic heterocycles. The first-order chi connectivity index (χ1) is 24.4. The summed E-state index contributed by atoms with van der Waals surface area (Å²) in [6, 6.07) is 23.2. The molecule has 0 radical (unpaired) electrons. The number of anilines is 3. The lowest BCUT2D eigenvalue weighted by Crippen LogP contribution is -2.49. The quantitative estimate of drug-likeness (QED) is 0.175. The van der Waals surface area contributed by atoms with Gasteiger partial charge in [0.25, 0.3) is 0 Å². The van der Waals surface area contributed by atoms with E-state index in [2.05, 4.69) is 15.2 Å². The fraction of sp³-hybridized carbons (Fsp3) is 0.425. The third kappa shape index (κ3) is 9.65. The van der Waals surface area contributed by atoms with Gasteiger partial charge >= 0.3 is 6.09 Å². The summed E-state index contributed by atoms with van der Waals surface area (Å²) in [5, 5.41) is 3.42. The van der Waals surface area contributed by atoms with E-state index in [0.29, 0.717) is 31.3 Å². The molecule has 5 rings (SSSR count). The third-order valence-electron chi connectivity index (χ3n) is 9.22. The average molecular weight is 681 g/mol. The first kappa shape index (κ1) is 36.5. The summed E-state index contributed by atoms with van der Waals surface area (Å²) < 4.78 is 12.4. The Morgan fingerprint density at radius 1 is 0.900 bits per heavy atom. The monoisotopic (exact) mass is 680 g/mol. The van der Waals surface area contributed by atoms with Crippen molar-refractivity contribution in [3.05, 3.63) is 96.2 Å². The molecule has 1 N–H and O–H groups in total. The number of guanidine groups is 1. The molecule has 2 aliphatic rings. The maximum Gasteiger partial charge on any atom is 0.421 e. The first-order valence-corrected chi connectivity index (χ1v) is 18.0. The Kier molecular flexibility index (Phi) is 13.3. The zero-order valence-corrected chi connectivity index (χ0v) is 30.0. The molecule has 0 spiro atoms. The first-order valence-electron chi connectivity index (χ1n) is 18.0. The number of aliphatic imine (C=N–C) groups is 1. The van der Waals surface area contributed by atoms with Gasteiger partial charge in [-0.15, -0.1) is 0 Å². The Morgan fingerprint density at radius 3 is 2.34 bits per heavy atom. The maximum atomic E-state index is 14.2. The Morgan fingerprint density at radius 2 is 1.62 bits per heavy atom. The van der Waals surface area contributed by atoms with E-state index in [4.69, 9.17) is 9.47 Å². The summed E-state index contributed by atoms with van der Waals surface area (Å²) in [6.45, 7) is 13.5. The van der Waals surface area contributed by atoms with Crippen molar-refractivity contribution in [2.24, 2.45) is 4.99 Å². The second-order valence-corrected chi connectivity index (χ2v) is 12.7. The normalized spacial score (nSPS) is 16.0. The highest BCUT2D eigenvalue weighted by Gasteiger charge is 2.31. The molecule has 2 amide bonds. The van der Waals surface area contributed by atoms with Crippen molar-refractivity contribution in [1.82, 2.24) is 14.7 Å². The fourth-order valence-electron chi connectivity index (χ4n) is 6.55. The maximum absolute atomic E-state index is 14.2. The molecule has 0 saturated carbocycles. The average Bonchev–Trinajstić information content (AvgIpc) is 3.13. The summed E-state index contributed by atoms with van der Waals surface area (Å²) in [5.41, 5.74) is 4.14. The van der Waals surface area contributed by atoms with Crippen molar-refractivity contribution in [2.45, 2.75) is 66.0 Å². The van der Waals surface area contributed by atoms with Crippen LogP contribution in [0.1, 0.15) is 57.1 Å². The van der Waals surface area contributed by atoms with E-state index >= 15 is 0 Å². The lowest BCUT2D eigenvalue weighted by atomic mass is 10.1. The third-order valence-corrected chi connectivity index (χ3v) is 9.22. The van der Waals surface area contributed by atoms with Gasteiger partial charge in [0.05, 0.1) is 18.0 Å². The SMILES string of the molecule is CCN(CC)C(=O)CCN1C(Nc2cccc(OCCCN3CCCCC3)c2)=NC=CC1OC(=O)N(c1ccccc1)c1c(C)cccc1C. The van der Waals surface area contributed by atoms with Gasteiger partial charge in [0.15, 0.2) is 0 Å². The predicted octanol–water partition coefficient (Wildman–Crippen LogP) is 7.71. The van der Waals surface area contributed by atoms with Crippen molar-refractivity contribution < 1.29 is 19.1 Å². The van der Waals surface area contributed by atoms with E-state index in [1.807, 2.05) is 105 Å². The minimum absolute atomic E-state index is 0.0235. The van der Waals surface area contributed by atoms with E-state index < -0.39 is 12.3 Å². The zero-order valence-electron chi connectivity index (χ0n) is 30.0. The van der Waals surface area contributed by atoms with Crippen LogP contribution in [0.15, 0.2) is 90.1 Å². The van der Waals surface area contributed by atoms with Gasteiger partial charge in [-0.05, 0) is 102 Å². The second-order valence-electron chi connectivity index (χ2n) is 12.7. The molecule has 1 saturated heterocycles. The highest BCUT2D eigenvalue weighted by Crippen LogP contribution is 2.33. The standard InChI is InChI=1S/C40H52N6O4/c1-5-44(6-2)36(47)23-28-45-37(50-40(48)46(34-19-9-7-10-20-34)38-31(3)16-13-17-32(38)4)22-24-41-39(45)42-33-18-14-21-35(30-33)49-29-15-27-43-25-11-8-12-26-43/h7,9-10,13-14,16-22,24,30,37H,5-6,8,11-12,15,23,25-29H2,1-4H3,(H,41,42). The number of nitrogens with zero attached hydrogens (tertiary/aromatic N) is 5. The number of nitrogens with one attached hydrogen (secondary N) is 1. The predicted molar refractivity (Wildman–Crippen MR) is 201 cm³/mol. The molecular formula is C40H52N6O4. The Hall–Kier alpha value is -4.83. The largest absolute Gasteiger partial charge is 0.493 e. The summed E-state index contributed by atoms with van der Waals surface area (Å²) in [5.74, 6) is 1.26. The van der Waals surface area contributed by atoms with Gasteiger partial charge in [0.1, 0.15) is 5.75 Å². The molecule has 1 atom stereocenters. The Balaban J connectivity index is 1.33. The van der Waals surface area contributed by atoms with E-state index in [0.717, 1.165) is 41.2 Å². The molecule has 50 heavy (non-hydrogen) atoms. The number of rotatable bonds is 14. The number of hydrogen-bond acceptors (Lipinski definition) is 8. The fourth-order valence-corrected chi connectivity index (χ4v) is 6.55. The van der Waals surface area contributed by atoms with E-state index in [1.165, 1.54) is 32.4 Å². The van der Waals surface area contributed by atoms with Gasteiger partial charge in [-0.1, -0.05) is 48.9 Å². The number of piperidine rings is 1. The number of likely N-dealkylation sites (tertiary alicyclic amines) is 1. The summed E-state index contributed by atoms with van der Waals surface area (Å²) >= 11 is 0. The number of hydrogen-bond donors (Lipinski definition) is 1. The van der Waals surface area contributed by atoms with Crippen LogP contribution in [0.2, 0.25) is 0 Å². The van der Waals surface area contributed by atoms with Crippen molar-refractivity contribution in [3.63, 3.8) is 0 Å². The molecule has 0 bridgehead atoms. The van der Waals surface area contributed by atoms with Gasteiger partial charge in [-0.2, -0.15) is 0 Å². The number of carbonyl (C=O) groups is 2. The van der Waals surface area contributed by atoms with Crippen LogP contribution in [0.3, 0.4) is 0 Å². The van der Waals surface area contributed by atoms with Gasteiger partial charge in [-0.25, -0.2) is 14.7 Å². The molecule has 1 unspecified atom stereocenters. The lowest BCUT2D eigenvalue weighted by Gasteiger charge is -2.36. The molecule has 10 heteroatoms. The Labute approximate surface area is 297 Å². The van der Waals surface area contributed by atoms with E-state index in [1.54, 1.807) is 22.1 Å². The van der Waals surface area contributed by atoms with Crippen molar-refractivity contribution in [1.29, 1.82) is 0 Å². The molecule has 2 heterocycles. The van der Waals surface area contributed by atoms with Crippen LogP contribution < -0.4 is 15.0 Å². The second kappa shape index (κ2) is 18.2. The topological polar surface area (TPSA) is 90.0 Å². The zero-order chi connectivity index (χ0) is 35.3. The molecule has 1 fully saturated rings. The minimum atomic E-state index is -0.822. The molecule has 2 aliphatic heterocycles. The van der Waals surface area contributed by atoms with Gasteiger partial charge in [0.2, 0.25) is 18.1 Å². The number of carbonyl (C=O) groups excluding carboxylic acids is 2. The van der Waals surface area contributed by atoms with E-state index in [-0.39, 0.29) is 18.9 Å². The van der Waals surface area contributed by atoms with Crippen molar-refractivity contribution in [3.8, 4) is 5.75 Å². The van der Waals surface area contributed by atoms with Crippen LogP contribution in [0, 0.1) is 13.8 Å². The highest BCUT2D eigenvalue weighted by molar-refractivity contribution is 5.99. The number of amides is 2. The van der Waals surface area contributed by atoms with Crippen molar-refractivity contribution >= 4 is 35.0 Å². The summed E-state index contributed by atoms with van der Waals surface area (Å²) in [4.78, 5) is 39.8. The van der Waals surface area contributed by atoms with Gasteiger partial charge < -0.3 is 29.5 Å². The van der Waals surface area contributed by atoms with Crippen LogP contribution in [0.5, 0.6) is 5.75 Å². The minimum Gasteiger partial charge on any atom is -0.493 e. The summed E-state index contributed by atoms with van der Waals surface area (Å²) in [7, 11) is 0. The smallest absolute Gasteiger partial charge is 0.421 e. The van der Waals surface area contributed by atoms with Crippen molar-refractivity contribution in [2.75, 3.05) is 56.1 Å². The van der Waals surface area contributed by atoms with Crippen LogP contribution >= 0.6 is 0 Å². The molecular weight excluding hydrogens is 628 g/mol. The molecule has 266 valence electrons.